The number of thioether (sulfide) groups is 1. The van der Waals surface area contributed by atoms with Crippen molar-refractivity contribution >= 4 is 11.8 Å². The van der Waals surface area contributed by atoms with Gasteiger partial charge in [0, 0.05) is 28.9 Å². The molecule has 0 aliphatic rings. The molecule has 3 nitrogen and oxygen atoms in total. The zero-order valence-corrected chi connectivity index (χ0v) is 10.7. The fourth-order valence-corrected chi connectivity index (χ4v) is 2.20. The van der Waals surface area contributed by atoms with E-state index in [4.69, 9.17) is 0 Å². The third kappa shape index (κ3) is 3.54. The Balaban J connectivity index is 2.54. The summed E-state index contributed by atoms with van der Waals surface area (Å²) in [6.07, 6.45) is 3.51. The fraction of sp³-hybridized carbons (Fsp3) is 0.727. The van der Waals surface area contributed by atoms with Gasteiger partial charge in [-0.25, -0.2) is 4.98 Å². The van der Waals surface area contributed by atoms with Crippen molar-refractivity contribution in [3.05, 3.63) is 18.2 Å². The molecule has 1 aromatic heterocycles. The van der Waals surface area contributed by atoms with Gasteiger partial charge >= 0.3 is 0 Å². The van der Waals surface area contributed by atoms with E-state index in [1.165, 1.54) is 5.69 Å². The van der Waals surface area contributed by atoms with Crippen molar-refractivity contribution in [2.75, 3.05) is 0 Å². The van der Waals surface area contributed by atoms with Gasteiger partial charge in [-0.3, -0.25) is 0 Å². The lowest BCUT2D eigenvalue weighted by Crippen LogP contribution is -2.15. The monoisotopic (exact) mass is 228 g/mol. The maximum absolute atomic E-state index is 9.38. The van der Waals surface area contributed by atoms with Crippen LogP contribution >= 0.6 is 11.8 Å². The molecular weight excluding hydrogens is 208 g/mol. The molecule has 1 N–H and O–H groups in total. The van der Waals surface area contributed by atoms with Gasteiger partial charge in [0.25, 0.3) is 0 Å². The number of rotatable bonds is 5. The molecule has 2 unspecified atom stereocenters. The Morgan fingerprint density at radius 2 is 2.07 bits per heavy atom. The zero-order valence-electron chi connectivity index (χ0n) is 9.84. The summed E-state index contributed by atoms with van der Waals surface area (Å²) in [6, 6.07) is 0.449. The summed E-state index contributed by atoms with van der Waals surface area (Å²) >= 11 is 1.76. The Morgan fingerprint density at radius 3 is 2.60 bits per heavy atom. The average Bonchev–Trinajstić information content (AvgIpc) is 2.61. The van der Waals surface area contributed by atoms with E-state index in [9.17, 15) is 5.11 Å². The van der Waals surface area contributed by atoms with Crippen molar-refractivity contribution in [2.45, 2.75) is 50.8 Å². The largest absolute Gasteiger partial charge is 0.392 e. The normalized spacial score (nSPS) is 15.6. The first-order valence-electron chi connectivity index (χ1n) is 5.32. The molecule has 2 atom stereocenters. The molecule has 86 valence electrons. The molecule has 0 amide bonds. The molecule has 0 aliphatic carbocycles. The van der Waals surface area contributed by atoms with Crippen LogP contribution in [0.25, 0.3) is 0 Å². The minimum absolute atomic E-state index is 0.259. The molecule has 1 rings (SSSR count). The van der Waals surface area contributed by atoms with Gasteiger partial charge < -0.3 is 9.67 Å². The van der Waals surface area contributed by atoms with Gasteiger partial charge in [-0.2, -0.15) is 0 Å². The van der Waals surface area contributed by atoms with Crippen molar-refractivity contribution in [3.63, 3.8) is 0 Å². The Kier molecular flexibility index (Phi) is 4.67. The molecule has 0 bridgehead atoms. The van der Waals surface area contributed by atoms with Crippen LogP contribution in [0.2, 0.25) is 0 Å². The van der Waals surface area contributed by atoms with Crippen molar-refractivity contribution in [1.82, 2.24) is 9.55 Å². The summed E-state index contributed by atoms with van der Waals surface area (Å²) < 4.78 is 2.17. The number of hydrogen-bond donors (Lipinski definition) is 1. The predicted molar refractivity (Wildman–Crippen MR) is 65.0 cm³/mol. The number of imidazole rings is 1. The van der Waals surface area contributed by atoms with Crippen LogP contribution in [0.15, 0.2) is 12.5 Å². The number of aliphatic hydroxyl groups excluding tert-OH is 1. The van der Waals surface area contributed by atoms with Crippen molar-refractivity contribution < 1.29 is 5.11 Å². The Labute approximate surface area is 95.9 Å². The Bertz CT molecular complexity index is 297. The van der Waals surface area contributed by atoms with Crippen LogP contribution < -0.4 is 0 Å². The van der Waals surface area contributed by atoms with E-state index in [-0.39, 0.29) is 11.4 Å². The second kappa shape index (κ2) is 5.56. The first kappa shape index (κ1) is 12.6. The van der Waals surface area contributed by atoms with Crippen molar-refractivity contribution in [3.8, 4) is 0 Å². The van der Waals surface area contributed by atoms with Gasteiger partial charge in [0.15, 0.2) is 0 Å². The molecule has 0 aliphatic heterocycles. The zero-order chi connectivity index (χ0) is 11.4. The third-order valence-corrected chi connectivity index (χ3v) is 3.86. The lowest BCUT2D eigenvalue weighted by atomic mass is 10.3. The minimum atomic E-state index is -0.259. The highest BCUT2D eigenvalue weighted by Crippen LogP contribution is 2.21. The molecule has 1 aromatic rings. The predicted octanol–water partition coefficient (Wildman–Crippen LogP) is 2.47. The molecule has 4 heteroatoms. The lowest BCUT2D eigenvalue weighted by Gasteiger charge is -2.16. The molecule has 0 radical (unpaired) electrons. The third-order valence-electron chi connectivity index (χ3n) is 2.48. The second-order valence-electron chi connectivity index (χ2n) is 4.14. The standard InChI is InChI=1S/C11H20N2OS/c1-8(2)13-7-12-5-11(13)6-15-10(4)9(3)14/h5,7-10,14H,6H2,1-4H3. The van der Waals surface area contributed by atoms with Crippen LogP contribution in [-0.2, 0) is 5.75 Å². The van der Waals surface area contributed by atoms with E-state index in [1.54, 1.807) is 11.8 Å². The van der Waals surface area contributed by atoms with E-state index < -0.39 is 0 Å². The number of nitrogens with zero attached hydrogens (tertiary/aromatic N) is 2. The number of aromatic nitrogens is 2. The van der Waals surface area contributed by atoms with E-state index in [0.717, 1.165) is 5.75 Å². The summed E-state index contributed by atoms with van der Waals surface area (Å²) in [6.45, 7) is 8.17. The molecule has 0 aromatic carbocycles. The van der Waals surface area contributed by atoms with E-state index in [0.29, 0.717) is 6.04 Å². The van der Waals surface area contributed by atoms with Crippen LogP contribution in [0.3, 0.4) is 0 Å². The molecule has 0 saturated carbocycles. The summed E-state index contributed by atoms with van der Waals surface area (Å²) in [7, 11) is 0. The van der Waals surface area contributed by atoms with Gasteiger partial charge in [0.05, 0.1) is 12.4 Å². The van der Waals surface area contributed by atoms with Crippen molar-refractivity contribution in [1.29, 1.82) is 0 Å². The molecule has 0 fully saturated rings. The average molecular weight is 228 g/mol. The molecule has 1 heterocycles. The molecule has 0 saturated heterocycles. The van der Waals surface area contributed by atoms with E-state index >= 15 is 0 Å². The number of hydrogen-bond acceptors (Lipinski definition) is 3. The minimum Gasteiger partial charge on any atom is -0.392 e. The number of aliphatic hydroxyl groups is 1. The second-order valence-corrected chi connectivity index (χ2v) is 5.51. The molecule has 0 spiro atoms. The SMILES string of the molecule is CC(O)C(C)SCc1cncn1C(C)C. The lowest BCUT2D eigenvalue weighted by molar-refractivity contribution is 0.196. The first-order valence-corrected chi connectivity index (χ1v) is 6.37. The van der Waals surface area contributed by atoms with Crippen LogP contribution in [0.1, 0.15) is 39.4 Å². The van der Waals surface area contributed by atoms with Gasteiger partial charge in [-0.15, -0.1) is 11.8 Å². The highest BCUT2D eigenvalue weighted by Gasteiger charge is 2.11. The first-order chi connectivity index (χ1) is 7.02. The van der Waals surface area contributed by atoms with Gasteiger partial charge in [-0.1, -0.05) is 6.92 Å². The van der Waals surface area contributed by atoms with Gasteiger partial charge in [0.2, 0.25) is 0 Å². The Morgan fingerprint density at radius 1 is 1.40 bits per heavy atom. The van der Waals surface area contributed by atoms with Gasteiger partial charge in [-0.05, 0) is 20.8 Å². The molecular formula is C11H20N2OS. The summed E-state index contributed by atoms with van der Waals surface area (Å²) in [5.74, 6) is 0.907. The topological polar surface area (TPSA) is 38.1 Å². The molecule has 15 heavy (non-hydrogen) atoms. The quantitative estimate of drug-likeness (QED) is 0.841. The summed E-state index contributed by atoms with van der Waals surface area (Å²) in [4.78, 5) is 4.15. The van der Waals surface area contributed by atoms with Crippen LogP contribution in [0.4, 0.5) is 0 Å². The van der Waals surface area contributed by atoms with Crippen LogP contribution in [0, 0.1) is 0 Å². The highest BCUT2D eigenvalue weighted by molar-refractivity contribution is 7.99. The van der Waals surface area contributed by atoms with Gasteiger partial charge in [0.1, 0.15) is 0 Å². The summed E-state index contributed by atoms with van der Waals surface area (Å²) in [5.41, 5.74) is 1.22. The Hall–Kier alpha value is -0.480. The van der Waals surface area contributed by atoms with Crippen LogP contribution in [-0.4, -0.2) is 26.0 Å². The smallest absolute Gasteiger partial charge is 0.0950 e. The van der Waals surface area contributed by atoms with E-state index in [1.807, 2.05) is 26.4 Å². The fourth-order valence-electron chi connectivity index (χ4n) is 1.26. The van der Waals surface area contributed by atoms with Crippen LogP contribution in [0.5, 0.6) is 0 Å². The highest BCUT2D eigenvalue weighted by atomic mass is 32.2. The summed E-state index contributed by atoms with van der Waals surface area (Å²) in [5, 5.41) is 9.65. The maximum Gasteiger partial charge on any atom is 0.0950 e. The van der Waals surface area contributed by atoms with Crippen molar-refractivity contribution in [2.24, 2.45) is 0 Å². The van der Waals surface area contributed by atoms with E-state index in [2.05, 4.69) is 23.4 Å². The maximum atomic E-state index is 9.38.